The van der Waals surface area contributed by atoms with Gasteiger partial charge in [-0.25, -0.2) is 0 Å². The molecule has 2 heterocycles. The average Bonchev–Trinajstić information content (AvgIpc) is 2.76. The quantitative estimate of drug-likeness (QED) is 0.934. The fourth-order valence-corrected chi connectivity index (χ4v) is 2.69. The van der Waals surface area contributed by atoms with E-state index in [0.717, 1.165) is 18.8 Å². The first kappa shape index (κ1) is 10.8. The number of halogens is 1. The Morgan fingerprint density at radius 3 is 2.93 bits per heavy atom. The molecule has 15 heavy (non-hydrogen) atoms. The standard InChI is InChI=1S/C9H11BrN4S/c1-14-6-7(12-13-14)4-11-5-8-2-3-9(10)15-8/h2-3,6,11H,4-5H2,1H3. The molecule has 1 N–H and O–H groups in total. The molecule has 6 heteroatoms. The molecule has 0 atom stereocenters. The maximum atomic E-state index is 4.00. The Bertz CT molecular complexity index is 397. The topological polar surface area (TPSA) is 42.7 Å². The molecule has 0 unspecified atom stereocenters. The first-order valence-electron chi connectivity index (χ1n) is 4.54. The van der Waals surface area contributed by atoms with E-state index in [9.17, 15) is 0 Å². The minimum absolute atomic E-state index is 0.753. The summed E-state index contributed by atoms with van der Waals surface area (Å²) in [5.41, 5.74) is 0.966. The van der Waals surface area contributed by atoms with Gasteiger partial charge in [0.25, 0.3) is 0 Å². The molecule has 2 aromatic rings. The molecule has 0 saturated carbocycles. The fraction of sp³-hybridized carbons (Fsp3) is 0.333. The lowest BCUT2D eigenvalue weighted by Crippen LogP contribution is -2.11. The Morgan fingerprint density at radius 2 is 2.33 bits per heavy atom. The average molecular weight is 287 g/mol. The highest BCUT2D eigenvalue weighted by molar-refractivity contribution is 9.11. The van der Waals surface area contributed by atoms with Crippen LogP contribution in [-0.4, -0.2) is 15.0 Å². The molecule has 0 saturated heterocycles. The molecule has 2 aromatic heterocycles. The Hall–Kier alpha value is -0.720. The van der Waals surface area contributed by atoms with Crippen molar-refractivity contribution < 1.29 is 0 Å². The van der Waals surface area contributed by atoms with Gasteiger partial charge in [0.15, 0.2) is 0 Å². The van der Waals surface area contributed by atoms with Gasteiger partial charge in [0.2, 0.25) is 0 Å². The smallest absolute Gasteiger partial charge is 0.0964 e. The van der Waals surface area contributed by atoms with Crippen molar-refractivity contribution >= 4 is 27.3 Å². The summed E-state index contributed by atoms with van der Waals surface area (Å²) < 4.78 is 2.87. The van der Waals surface area contributed by atoms with Crippen LogP contribution in [0.5, 0.6) is 0 Å². The van der Waals surface area contributed by atoms with Gasteiger partial charge in [-0.15, -0.1) is 16.4 Å². The highest BCUT2D eigenvalue weighted by Gasteiger charge is 1.99. The molecular formula is C9H11BrN4S. The molecule has 4 nitrogen and oxygen atoms in total. The Labute approximate surface area is 100 Å². The molecular weight excluding hydrogens is 276 g/mol. The molecule has 0 amide bonds. The van der Waals surface area contributed by atoms with Crippen LogP contribution in [0.3, 0.4) is 0 Å². The number of rotatable bonds is 4. The molecule has 0 aliphatic carbocycles. The summed E-state index contributed by atoms with van der Waals surface area (Å²) >= 11 is 5.18. The third kappa shape index (κ3) is 3.12. The van der Waals surface area contributed by atoms with Crippen LogP contribution in [0, 0.1) is 0 Å². The van der Waals surface area contributed by atoms with E-state index < -0.39 is 0 Å². The van der Waals surface area contributed by atoms with E-state index in [-0.39, 0.29) is 0 Å². The highest BCUT2D eigenvalue weighted by Crippen LogP contribution is 2.21. The number of nitrogens with zero attached hydrogens (tertiary/aromatic N) is 3. The number of aryl methyl sites for hydroxylation is 1. The van der Waals surface area contributed by atoms with Crippen molar-refractivity contribution in [2.45, 2.75) is 13.1 Å². The van der Waals surface area contributed by atoms with E-state index >= 15 is 0 Å². The van der Waals surface area contributed by atoms with E-state index in [1.54, 1.807) is 16.0 Å². The molecule has 0 radical (unpaired) electrons. The Balaban J connectivity index is 1.80. The molecule has 0 aliphatic heterocycles. The molecule has 0 bridgehead atoms. The van der Waals surface area contributed by atoms with Gasteiger partial charge in [-0.3, -0.25) is 4.68 Å². The molecule has 2 rings (SSSR count). The molecule has 0 aromatic carbocycles. The fourth-order valence-electron chi connectivity index (χ4n) is 1.24. The van der Waals surface area contributed by atoms with Crippen LogP contribution in [0.1, 0.15) is 10.6 Å². The Morgan fingerprint density at radius 1 is 1.47 bits per heavy atom. The number of nitrogens with one attached hydrogen (secondary N) is 1. The lowest BCUT2D eigenvalue weighted by atomic mass is 10.4. The van der Waals surface area contributed by atoms with Crippen molar-refractivity contribution in [1.82, 2.24) is 20.3 Å². The van der Waals surface area contributed by atoms with Gasteiger partial charge >= 0.3 is 0 Å². The third-order valence-corrected chi connectivity index (χ3v) is 3.51. The van der Waals surface area contributed by atoms with Crippen LogP contribution in [-0.2, 0) is 20.1 Å². The second-order valence-electron chi connectivity index (χ2n) is 3.19. The minimum Gasteiger partial charge on any atom is -0.306 e. The van der Waals surface area contributed by atoms with Gasteiger partial charge in [-0.1, -0.05) is 5.21 Å². The summed E-state index contributed by atoms with van der Waals surface area (Å²) in [4.78, 5) is 1.31. The van der Waals surface area contributed by atoms with Crippen LogP contribution in [0.15, 0.2) is 22.1 Å². The summed E-state index contributed by atoms with van der Waals surface area (Å²) in [5, 5.41) is 11.2. The zero-order valence-corrected chi connectivity index (χ0v) is 10.7. The number of hydrogen-bond acceptors (Lipinski definition) is 4. The van der Waals surface area contributed by atoms with Crippen molar-refractivity contribution in [3.8, 4) is 0 Å². The van der Waals surface area contributed by atoms with Crippen molar-refractivity contribution in [2.75, 3.05) is 0 Å². The molecule has 0 aliphatic rings. The predicted octanol–water partition coefficient (Wildman–Crippen LogP) is 1.93. The van der Waals surface area contributed by atoms with Gasteiger partial charge in [-0.2, -0.15) is 0 Å². The molecule has 80 valence electrons. The van der Waals surface area contributed by atoms with E-state index in [2.05, 4.69) is 43.7 Å². The third-order valence-electron chi connectivity index (χ3n) is 1.88. The molecule has 0 spiro atoms. The number of thiophene rings is 1. The van der Waals surface area contributed by atoms with Gasteiger partial charge in [0.1, 0.15) is 0 Å². The van der Waals surface area contributed by atoms with Crippen LogP contribution < -0.4 is 5.32 Å². The summed E-state index contributed by atoms with van der Waals surface area (Å²) in [6, 6.07) is 4.17. The maximum absolute atomic E-state index is 4.00. The van der Waals surface area contributed by atoms with Crippen molar-refractivity contribution in [3.05, 3.63) is 32.7 Å². The predicted molar refractivity (Wildman–Crippen MR) is 63.6 cm³/mol. The Kier molecular flexibility index (Phi) is 3.50. The van der Waals surface area contributed by atoms with Crippen molar-refractivity contribution in [1.29, 1.82) is 0 Å². The zero-order chi connectivity index (χ0) is 10.7. The van der Waals surface area contributed by atoms with Gasteiger partial charge in [-0.05, 0) is 28.1 Å². The van der Waals surface area contributed by atoms with Crippen molar-refractivity contribution in [3.63, 3.8) is 0 Å². The van der Waals surface area contributed by atoms with Crippen LogP contribution >= 0.6 is 27.3 Å². The first-order chi connectivity index (χ1) is 7.24. The molecule has 0 fully saturated rings. The summed E-state index contributed by atoms with van der Waals surface area (Å²) in [7, 11) is 1.87. The SMILES string of the molecule is Cn1cc(CNCc2ccc(Br)s2)nn1. The van der Waals surface area contributed by atoms with Gasteiger partial charge < -0.3 is 5.32 Å². The van der Waals surface area contributed by atoms with E-state index in [1.165, 1.54) is 8.66 Å². The van der Waals surface area contributed by atoms with Crippen LogP contribution in [0.4, 0.5) is 0 Å². The van der Waals surface area contributed by atoms with Crippen molar-refractivity contribution in [2.24, 2.45) is 7.05 Å². The zero-order valence-electron chi connectivity index (χ0n) is 8.27. The normalized spacial score (nSPS) is 10.8. The first-order valence-corrected chi connectivity index (χ1v) is 6.15. The maximum Gasteiger partial charge on any atom is 0.0964 e. The minimum atomic E-state index is 0.753. The summed E-state index contributed by atoms with van der Waals surface area (Å²) in [6.45, 7) is 1.62. The van der Waals surface area contributed by atoms with Gasteiger partial charge in [0.05, 0.1) is 9.48 Å². The number of aromatic nitrogens is 3. The van der Waals surface area contributed by atoms with Crippen LogP contribution in [0.2, 0.25) is 0 Å². The largest absolute Gasteiger partial charge is 0.306 e. The second kappa shape index (κ2) is 4.87. The lowest BCUT2D eigenvalue weighted by Gasteiger charge is -1.98. The van der Waals surface area contributed by atoms with E-state index in [1.807, 2.05) is 13.2 Å². The van der Waals surface area contributed by atoms with Crippen LogP contribution in [0.25, 0.3) is 0 Å². The monoisotopic (exact) mass is 286 g/mol. The van der Waals surface area contributed by atoms with E-state index in [0.29, 0.717) is 0 Å². The number of hydrogen-bond donors (Lipinski definition) is 1. The summed E-state index contributed by atoms with van der Waals surface area (Å²) in [6.07, 6.45) is 1.91. The summed E-state index contributed by atoms with van der Waals surface area (Å²) in [5.74, 6) is 0. The second-order valence-corrected chi connectivity index (χ2v) is 5.74. The van der Waals surface area contributed by atoms with Gasteiger partial charge in [0, 0.05) is 31.2 Å². The van der Waals surface area contributed by atoms with E-state index in [4.69, 9.17) is 0 Å². The lowest BCUT2D eigenvalue weighted by molar-refractivity contribution is 0.679. The highest BCUT2D eigenvalue weighted by atomic mass is 79.9.